The number of benzene rings is 7. The van der Waals surface area contributed by atoms with Gasteiger partial charge in [0.1, 0.15) is 5.82 Å². The Morgan fingerprint density at radius 1 is 0.385 bits per heavy atom. The molecule has 7 aromatic carbocycles. The van der Waals surface area contributed by atoms with E-state index in [1.807, 2.05) is 97.1 Å². The molecule has 10 rings (SSSR count). The van der Waals surface area contributed by atoms with Crippen LogP contribution < -0.4 is 5.56 Å². The van der Waals surface area contributed by atoms with Gasteiger partial charge in [-0.2, -0.15) is 0 Å². The number of para-hydroxylation sites is 4. The van der Waals surface area contributed by atoms with Gasteiger partial charge in [-0.05, 0) is 54.6 Å². The molecule has 3 aromatic heterocycles. The second-order valence-corrected chi connectivity index (χ2v) is 12.8. The molecule has 0 atom stereocenters. The summed E-state index contributed by atoms with van der Waals surface area (Å²) in [6.07, 6.45) is 0. The van der Waals surface area contributed by atoms with Gasteiger partial charge in [-0.3, -0.25) is 9.36 Å². The molecule has 0 bridgehead atoms. The monoisotopic (exact) mass is 667 g/mol. The number of hydrogen-bond acceptors (Lipinski definition) is 4. The van der Waals surface area contributed by atoms with Crippen LogP contribution in [0.25, 0.3) is 89.0 Å². The van der Waals surface area contributed by atoms with Gasteiger partial charge in [-0.1, -0.05) is 121 Å². The minimum Gasteiger partial charge on any atom is -0.309 e. The number of hydrogen-bond donors (Lipinski definition) is 0. The molecule has 0 amide bonds. The highest BCUT2D eigenvalue weighted by Gasteiger charge is 2.18. The molecule has 3 heterocycles. The van der Waals surface area contributed by atoms with Gasteiger partial charge in [0.2, 0.25) is 0 Å². The second-order valence-electron chi connectivity index (χ2n) is 12.8. The molecule has 6 heteroatoms. The number of aromatic nitrogens is 5. The van der Waals surface area contributed by atoms with Crippen LogP contribution in [0.4, 0.5) is 0 Å². The van der Waals surface area contributed by atoms with Crippen LogP contribution in [0.15, 0.2) is 181 Å². The Kier molecular flexibility index (Phi) is 6.86. The zero-order chi connectivity index (χ0) is 34.6. The van der Waals surface area contributed by atoms with Crippen molar-refractivity contribution in [1.29, 1.82) is 0 Å². The summed E-state index contributed by atoms with van der Waals surface area (Å²) in [5.74, 6) is 1.13. The average molecular weight is 668 g/mol. The van der Waals surface area contributed by atoms with Gasteiger partial charge in [0, 0.05) is 38.5 Å². The lowest BCUT2D eigenvalue weighted by Gasteiger charge is -2.16. The van der Waals surface area contributed by atoms with Crippen LogP contribution in [0.2, 0.25) is 0 Å². The van der Waals surface area contributed by atoms with Gasteiger partial charge in [0.05, 0.1) is 38.8 Å². The Morgan fingerprint density at radius 3 is 1.62 bits per heavy atom. The molecule has 244 valence electrons. The van der Waals surface area contributed by atoms with Crippen molar-refractivity contribution >= 4 is 43.6 Å². The fourth-order valence-electron chi connectivity index (χ4n) is 7.36. The molecule has 10 aromatic rings. The van der Waals surface area contributed by atoms with Crippen LogP contribution in [0.5, 0.6) is 0 Å². The summed E-state index contributed by atoms with van der Waals surface area (Å²) >= 11 is 0. The van der Waals surface area contributed by atoms with Crippen molar-refractivity contribution in [3.63, 3.8) is 0 Å². The van der Waals surface area contributed by atoms with Gasteiger partial charge in [0.25, 0.3) is 5.56 Å². The lowest BCUT2D eigenvalue weighted by atomic mass is 10.1. The second kappa shape index (κ2) is 12.0. The summed E-state index contributed by atoms with van der Waals surface area (Å²) in [5.41, 5.74) is 8.72. The molecule has 0 N–H and O–H groups in total. The summed E-state index contributed by atoms with van der Waals surface area (Å²) in [4.78, 5) is 29.8. The van der Waals surface area contributed by atoms with E-state index in [2.05, 4.69) is 83.4 Å². The Bertz CT molecular complexity index is 3000. The highest BCUT2D eigenvalue weighted by atomic mass is 16.1. The Hall–Kier alpha value is -7.18. The summed E-state index contributed by atoms with van der Waals surface area (Å²) in [7, 11) is 0. The molecule has 0 radical (unpaired) electrons. The minimum atomic E-state index is -0.149. The zero-order valence-corrected chi connectivity index (χ0v) is 27.9. The lowest BCUT2D eigenvalue weighted by Crippen LogP contribution is -2.22. The van der Waals surface area contributed by atoms with Gasteiger partial charge in [0.15, 0.2) is 5.82 Å². The van der Waals surface area contributed by atoms with E-state index in [0.29, 0.717) is 28.2 Å². The van der Waals surface area contributed by atoms with Gasteiger partial charge in [-0.15, -0.1) is 0 Å². The summed E-state index contributed by atoms with van der Waals surface area (Å²) in [6, 6.07) is 58.8. The van der Waals surface area contributed by atoms with Crippen LogP contribution in [-0.2, 0) is 0 Å². The number of fused-ring (bicyclic) bond motifs is 5. The molecule has 0 saturated carbocycles. The molecule has 52 heavy (non-hydrogen) atoms. The van der Waals surface area contributed by atoms with Crippen molar-refractivity contribution in [3.8, 4) is 45.4 Å². The topological polar surface area (TPSA) is 65.6 Å². The SMILES string of the molecule is O=c1c2ccccc2nc(-c2cccc(-n3c4ccccc4c4ccccc43)c2)n1-c1cccc(-c2nc(-c3ccccc3)c3ccccc3n2)c1. The molecule has 0 saturated heterocycles. The van der Waals surface area contributed by atoms with E-state index in [1.165, 1.54) is 10.8 Å². The normalized spacial score (nSPS) is 11.5. The maximum Gasteiger partial charge on any atom is 0.266 e. The van der Waals surface area contributed by atoms with E-state index >= 15 is 0 Å². The molecular formula is C46H29N5O. The van der Waals surface area contributed by atoms with Crippen LogP contribution in [0.1, 0.15) is 0 Å². The number of rotatable bonds is 5. The maximum atomic E-state index is 14.5. The van der Waals surface area contributed by atoms with Crippen molar-refractivity contribution in [2.24, 2.45) is 0 Å². The standard InChI is InChI=1S/C46H29N5O/c52-46-38-23-5-9-25-40(38)48-45(32-17-13-18-33(29-32)50-41-26-10-6-20-35(41)36-21-7-11-27-42(36)50)51(46)34-19-12-16-31(28-34)44-47-39-24-8-4-22-37(39)43(49-44)30-14-2-1-3-15-30/h1-29H. The van der Waals surface area contributed by atoms with Gasteiger partial charge >= 0.3 is 0 Å². The van der Waals surface area contributed by atoms with Gasteiger partial charge < -0.3 is 4.57 Å². The van der Waals surface area contributed by atoms with Crippen molar-refractivity contribution in [2.45, 2.75) is 0 Å². The third-order valence-electron chi connectivity index (χ3n) is 9.73. The van der Waals surface area contributed by atoms with E-state index in [1.54, 1.807) is 4.57 Å². The number of nitrogens with zero attached hydrogens (tertiary/aromatic N) is 5. The van der Waals surface area contributed by atoms with Crippen molar-refractivity contribution < 1.29 is 0 Å². The molecule has 0 aliphatic carbocycles. The maximum absolute atomic E-state index is 14.5. The molecular weight excluding hydrogens is 639 g/mol. The van der Waals surface area contributed by atoms with Crippen molar-refractivity contribution in [1.82, 2.24) is 24.1 Å². The molecule has 0 aliphatic rings. The summed E-state index contributed by atoms with van der Waals surface area (Å²) in [5, 5.41) is 3.90. The van der Waals surface area contributed by atoms with Crippen LogP contribution >= 0.6 is 0 Å². The van der Waals surface area contributed by atoms with E-state index in [0.717, 1.165) is 50.0 Å². The first-order valence-corrected chi connectivity index (χ1v) is 17.3. The lowest BCUT2D eigenvalue weighted by molar-refractivity contribution is 0.975. The quantitative estimate of drug-likeness (QED) is 0.183. The molecule has 0 fully saturated rings. The smallest absolute Gasteiger partial charge is 0.266 e. The van der Waals surface area contributed by atoms with E-state index < -0.39 is 0 Å². The van der Waals surface area contributed by atoms with E-state index in [-0.39, 0.29) is 5.56 Å². The Balaban J connectivity index is 1.18. The largest absolute Gasteiger partial charge is 0.309 e. The Labute approximate surface area is 298 Å². The molecule has 0 unspecified atom stereocenters. The Morgan fingerprint density at radius 2 is 0.904 bits per heavy atom. The van der Waals surface area contributed by atoms with Crippen LogP contribution in [0.3, 0.4) is 0 Å². The molecule has 0 aliphatic heterocycles. The van der Waals surface area contributed by atoms with Crippen molar-refractivity contribution in [3.05, 3.63) is 186 Å². The third kappa shape index (κ3) is 4.81. The van der Waals surface area contributed by atoms with Crippen molar-refractivity contribution in [2.75, 3.05) is 0 Å². The molecule has 6 nitrogen and oxygen atoms in total. The van der Waals surface area contributed by atoms with E-state index in [9.17, 15) is 4.79 Å². The average Bonchev–Trinajstić information content (AvgIpc) is 3.55. The predicted molar refractivity (Wildman–Crippen MR) is 211 cm³/mol. The first-order chi connectivity index (χ1) is 25.7. The fraction of sp³-hybridized carbons (Fsp3) is 0. The summed E-state index contributed by atoms with van der Waals surface area (Å²) < 4.78 is 4.00. The minimum absolute atomic E-state index is 0.149. The van der Waals surface area contributed by atoms with E-state index in [4.69, 9.17) is 15.0 Å². The first-order valence-electron chi connectivity index (χ1n) is 17.3. The third-order valence-corrected chi connectivity index (χ3v) is 9.73. The molecule has 0 spiro atoms. The van der Waals surface area contributed by atoms with Crippen LogP contribution in [0, 0.1) is 0 Å². The zero-order valence-electron chi connectivity index (χ0n) is 27.9. The predicted octanol–water partition coefficient (Wildman–Crippen LogP) is 10.4. The fourth-order valence-corrected chi connectivity index (χ4v) is 7.36. The highest BCUT2D eigenvalue weighted by molar-refractivity contribution is 6.09. The highest BCUT2D eigenvalue weighted by Crippen LogP contribution is 2.34. The van der Waals surface area contributed by atoms with Gasteiger partial charge in [-0.25, -0.2) is 15.0 Å². The summed E-state index contributed by atoms with van der Waals surface area (Å²) in [6.45, 7) is 0. The van der Waals surface area contributed by atoms with Crippen LogP contribution in [-0.4, -0.2) is 24.1 Å². The first kappa shape index (κ1) is 29.7.